The van der Waals surface area contributed by atoms with Crippen molar-refractivity contribution < 1.29 is 21.5 Å². The van der Waals surface area contributed by atoms with Crippen LogP contribution in [-0.4, -0.2) is 27.7 Å². The van der Waals surface area contributed by atoms with Crippen LogP contribution in [-0.2, 0) is 30.1 Å². The zero-order valence-corrected chi connectivity index (χ0v) is 9.35. The largest absolute Gasteiger partial charge is 0.400 e. The molecule has 1 fully saturated rings. The molecule has 1 aliphatic rings. The molecule has 0 spiro atoms. The summed E-state index contributed by atoms with van der Waals surface area (Å²) in [7, 11) is -3.77. The Labute approximate surface area is 94.3 Å². The van der Waals surface area contributed by atoms with Crippen LogP contribution in [0.25, 0.3) is 0 Å². The summed E-state index contributed by atoms with van der Waals surface area (Å²) in [4.78, 5) is 0. The van der Waals surface area contributed by atoms with Gasteiger partial charge in [-0.3, -0.25) is 0 Å². The van der Waals surface area contributed by atoms with E-state index in [4.69, 9.17) is 4.74 Å². The third kappa shape index (κ3) is 3.28. The number of benzene rings is 1. The first-order valence-electron chi connectivity index (χ1n) is 4.85. The van der Waals surface area contributed by atoms with Crippen LogP contribution in [0.4, 0.5) is 0 Å². The van der Waals surface area contributed by atoms with Crippen LogP contribution >= 0.6 is 0 Å². The van der Waals surface area contributed by atoms with Crippen molar-refractivity contribution in [2.45, 2.75) is 12.7 Å². The van der Waals surface area contributed by atoms with E-state index < -0.39 is 16.5 Å². The third-order valence-electron chi connectivity index (χ3n) is 2.07. The Hall–Kier alpha value is -0.950. The molecule has 0 saturated carbocycles. The van der Waals surface area contributed by atoms with E-state index in [9.17, 15) is 8.42 Å². The standard InChI is InChI=1S/C10H12O5S/c11-16(12)14-8-10(15-16)7-13-6-9-4-2-1-3-5-9/h1-5,10H,6-8H2. The fourth-order valence-corrected chi connectivity index (χ4v) is 2.16. The molecule has 1 saturated heterocycles. The number of rotatable bonds is 4. The first-order chi connectivity index (χ1) is 7.66. The van der Waals surface area contributed by atoms with Crippen LogP contribution in [0.1, 0.15) is 5.56 Å². The molecule has 1 aromatic rings. The highest BCUT2D eigenvalue weighted by Crippen LogP contribution is 2.13. The van der Waals surface area contributed by atoms with E-state index in [1.54, 1.807) is 0 Å². The van der Waals surface area contributed by atoms with Crippen molar-refractivity contribution in [2.24, 2.45) is 0 Å². The molecule has 0 bridgehead atoms. The summed E-state index contributed by atoms with van der Waals surface area (Å²) in [5, 5.41) is 0. The van der Waals surface area contributed by atoms with E-state index in [1.807, 2.05) is 30.3 Å². The molecule has 88 valence electrons. The molecule has 5 nitrogen and oxygen atoms in total. The average molecular weight is 244 g/mol. The van der Waals surface area contributed by atoms with Crippen LogP contribution in [0.2, 0.25) is 0 Å². The molecular weight excluding hydrogens is 232 g/mol. The highest BCUT2D eigenvalue weighted by Gasteiger charge is 2.29. The topological polar surface area (TPSA) is 61.8 Å². The summed E-state index contributed by atoms with van der Waals surface area (Å²) in [6.45, 7) is 0.659. The van der Waals surface area contributed by atoms with Gasteiger partial charge in [0.15, 0.2) is 0 Å². The second-order valence-electron chi connectivity index (χ2n) is 3.41. The molecule has 16 heavy (non-hydrogen) atoms. The lowest BCUT2D eigenvalue weighted by molar-refractivity contribution is 0.0510. The highest BCUT2D eigenvalue weighted by molar-refractivity contribution is 7.82. The lowest BCUT2D eigenvalue weighted by atomic mass is 10.2. The van der Waals surface area contributed by atoms with Crippen molar-refractivity contribution in [3.05, 3.63) is 35.9 Å². The predicted molar refractivity (Wildman–Crippen MR) is 55.8 cm³/mol. The summed E-state index contributed by atoms with van der Waals surface area (Å²) >= 11 is 0. The number of hydrogen-bond donors (Lipinski definition) is 0. The van der Waals surface area contributed by atoms with Gasteiger partial charge in [-0.05, 0) is 5.56 Å². The van der Waals surface area contributed by atoms with Gasteiger partial charge in [0.05, 0.1) is 19.8 Å². The van der Waals surface area contributed by atoms with Gasteiger partial charge in [-0.1, -0.05) is 30.3 Å². The van der Waals surface area contributed by atoms with Crippen LogP contribution in [0.5, 0.6) is 0 Å². The van der Waals surface area contributed by atoms with Crippen LogP contribution in [0, 0.1) is 0 Å². The summed E-state index contributed by atoms with van der Waals surface area (Å²) in [6.07, 6.45) is -0.534. The molecule has 2 rings (SSSR count). The number of hydrogen-bond acceptors (Lipinski definition) is 5. The van der Waals surface area contributed by atoms with Gasteiger partial charge in [0.2, 0.25) is 0 Å². The molecule has 0 aromatic heterocycles. The van der Waals surface area contributed by atoms with E-state index >= 15 is 0 Å². The fraction of sp³-hybridized carbons (Fsp3) is 0.400. The third-order valence-corrected chi connectivity index (χ3v) is 3.00. The molecule has 1 unspecified atom stereocenters. The van der Waals surface area contributed by atoms with E-state index in [0.717, 1.165) is 5.56 Å². The van der Waals surface area contributed by atoms with Crippen molar-refractivity contribution in [2.75, 3.05) is 13.2 Å². The Morgan fingerprint density at radius 3 is 2.69 bits per heavy atom. The first kappa shape index (κ1) is 11.5. The Morgan fingerprint density at radius 2 is 2.06 bits per heavy atom. The van der Waals surface area contributed by atoms with Crippen LogP contribution < -0.4 is 0 Å². The second kappa shape index (κ2) is 4.92. The van der Waals surface area contributed by atoms with Crippen molar-refractivity contribution in [1.29, 1.82) is 0 Å². The van der Waals surface area contributed by atoms with Gasteiger partial charge >= 0.3 is 10.4 Å². The van der Waals surface area contributed by atoms with Gasteiger partial charge in [-0.25, -0.2) is 8.37 Å². The zero-order chi connectivity index (χ0) is 11.4. The van der Waals surface area contributed by atoms with E-state index in [1.165, 1.54) is 0 Å². The SMILES string of the molecule is O=S1(=O)OCC(COCc2ccccc2)O1. The van der Waals surface area contributed by atoms with Gasteiger partial charge in [-0.2, -0.15) is 8.42 Å². The summed E-state index contributed by atoms with van der Waals surface area (Å²) in [5.41, 5.74) is 1.03. The van der Waals surface area contributed by atoms with Gasteiger partial charge < -0.3 is 4.74 Å². The lowest BCUT2D eigenvalue weighted by Crippen LogP contribution is -2.17. The van der Waals surface area contributed by atoms with Crippen molar-refractivity contribution in [1.82, 2.24) is 0 Å². The average Bonchev–Trinajstić information content (AvgIpc) is 2.60. The van der Waals surface area contributed by atoms with Gasteiger partial charge in [-0.15, -0.1) is 0 Å². The Kier molecular flexibility index (Phi) is 3.55. The van der Waals surface area contributed by atoms with Gasteiger partial charge in [0, 0.05) is 0 Å². The minimum atomic E-state index is -3.77. The zero-order valence-electron chi connectivity index (χ0n) is 8.53. The Morgan fingerprint density at radius 1 is 1.31 bits per heavy atom. The van der Waals surface area contributed by atoms with Gasteiger partial charge in [0.25, 0.3) is 0 Å². The van der Waals surface area contributed by atoms with Crippen molar-refractivity contribution in [3.63, 3.8) is 0 Å². The molecule has 6 heteroatoms. The van der Waals surface area contributed by atoms with E-state index in [0.29, 0.717) is 6.61 Å². The van der Waals surface area contributed by atoms with E-state index in [-0.39, 0.29) is 13.2 Å². The quantitative estimate of drug-likeness (QED) is 0.786. The van der Waals surface area contributed by atoms with Crippen molar-refractivity contribution in [3.8, 4) is 0 Å². The van der Waals surface area contributed by atoms with Crippen LogP contribution in [0.15, 0.2) is 30.3 Å². The number of ether oxygens (including phenoxy) is 1. The highest BCUT2D eigenvalue weighted by atomic mass is 32.3. The lowest BCUT2D eigenvalue weighted by Gasteiger charge is -2.06. The molecule has 0 aliphatic carbocycles. The minimum absolute atomic E-state index is 0.0249. The molecule has 0 radical (unpaired) electrons. The maximum atomic E-state index is 10.8. The van der Waals surface area contributed by atoms with Gasteiger partial charge in [0.1, 0.15) is 6.10 Å². The summed E-state index contributed by atoms with van der Waals surface area (Å²) in [6, 6.07) is 9.62. The molecular formula is C10H12O5S. The van der Waals surface area contributed by atoms with E-state index in [2.05, 4.69) is 8.37 Å². The van der Waals surface area contributed by atoms with Crippen LogP contribution in [0.3, 0.4) is 0 Å². The Bertz CT molecular complexity index is 428. The molecule has 1 aliphatic heterocycles. The van der Waals surface area contributed by atoms with Crippen molar-refractivity contribution >= 4 is 10.4 Å². The maximum absolute atomic E-state index is 10.8. The second-order valence-corrected chi connectivity index (χ2v) is 4.66. The fourth-order valence-electron chi connectivity index (χ4n) is 1.34. The smallest absolute Gasteiger partial charge is 0.374 e. The molecule has 1 atom stereocenters. The monoisotopic (exact) mass is 244 g/mol. The molecule has 0 N–H and O–H groups in total. The molecule has 1 heterocycles. The first-order valence-corrected chi connectivity index (χ1v) is 6.18. The molecule has 0 amide bonds. The Balaban J connectivity index is 1.74. The molecule has 1 aromatic carbocycles. The summed E-state index contributed by atoms with van der Waals surface area (Å²) < 4.78 is 35.9. The predicted octanol–water partition coefficient (Wildman–Crippen LogP) is 0.863. The summed E-state index contributed by atoms with van der Waals surface area (Å²) in [5.74, 6) is 0. The normalized spacial score (nSPS) is 23.4. The minimum Gasteiger partial charge on any atom is -0.374 e. The maximum Gasteiger partial charge on any atom is 0.400 e.